The maximum atomic E-state index is 13.1. The first-order valence-electron chi connectivity index (χ1n) is 11.5. The largest absolute Gasteiger partial charge is 0.486 e. The van der Waals surface area contributed by atoms with E-state index >= 15 is 0 Å². The molecule has 0 unspecified atom stereocenters. The Balaban J connectivity index is 1.15. The Bertz CT molecular complexity index is 1310. The lowest BCUT2D eigenvalue weighted by Crippen LogP contribution is -2.43. The number of aromatic nitrogens is 2. The van der Waals surface area contributed by atoms with Gasteiger partial charge >= 0.3 is 0 Å². The molecule has 2 aliphatic heterocycles. The number of imidazole rings is 1. The van der Waals surface area contributed by atoms with Gasteiger partial charge in [0.15, 0.2) is 11.5 Å². The van der Waals surface area contributed by atoms with Crippen molar-refractivity contribution in [2.45, 2.75) is 31.2 Å². The van der Waals surface area contributed by atoms with Crippen molar-refractivity contribution >= 4 is 27.0 Å². The molecule has 34 heavy (non-hydrogen) atoms. The van der Waals surface area contributed by atoms with Crippen LogP contribution in [0.1, 0.15) is 18.7 Å². The molecule has 1 saturated heterocycles. The second kappa shape index (κ2) is 9.27. The van der Waals surface area contributed by atoms with Crippen molar-refractivity contribution < 1.29 is 22.7 Å². The topological polar surface area (TPSA) is 103 Å². The van der Waals surface area contributed by atoms with Gasteiger partial charge in [0.2, 0.25) is 15.9 Å². The number of sulfonamides is 1. The van der Waals surface area contributed by atoms with E-state index in [-0.39, 0.29) is 16.7 Å². The molecule has 0 atom stereocenters. The van der Waals surface area contributed by atoms with Crippen LogP contribution in [-0.4, -0.2) is 61.0 Å². The Hall–Kier alpha value is -3.11. The van der Waals surface area contributed by atoms with E-state index < -0.39 is 10.0 Å². The van der Waals surface area contributed by atoms with E-state index in [4.69, 9.17) is 9.47 Å². The molecule has 3 heterocycles. The van der Waals surface area contributed by atoms with Gasteiger partial charge in [-0.15, -0.1) is 0 Å². The normalized spacial score (nSPS) is 17.1. The smallest absolute Gasteiger partial charge is 0.243 e. The van der Waals surface area contributed by atoms with Crippen molar-refractivity contribution in [3.8, 4) is 11.5 Å². The molecular weight excluding hydrogens is 456 g/mol. The number of aryl methyl sites for hydroxylation is 1. The van der Waals surface area contributed by atoms with E-state index in [9.17, 15) is 13.2 Å². The Morgan fingerprint density at radius 1 is 1.09 bits per heavy atom. The minimum atomic E-state index is -3.66. The molecule has 9 nitrogen and oxygen atoms in total. The van der Waals surface area contributed by atoms with E-state index in [2.05, 4.69) is 14.9 Å². The number of piperidine rings is 1. The van der Waals surface area contributed by atoms with Crippen LogP contribution in [0.25, 0.3) is 11.0 Å². The molecule has 2 aromatic carbocycles. The monoisotopic (exact) mass is 484 g/mol. The summed E-state index contributed by atoms with van der Waals surface area (Å²) in [7, 11) is -3.66. The summed E-state index contributed by atoms with van der Waals surface area (Å²) < 4.78 is 40.8. The van der Waals surface area contributed by atoms with Crippen LogP contribution in [-0.2, 0) is 21.4 Å². The molecular formula is C24H28N4O5S. The van der Waals surface area contributed by atoms with Crippen molar-refractivity contribution in [1.82, 2.24) is 19.2 Å². The average molecular weight is 485 g/mol. The molecule has 1 N–H and O–H groups in total. The van der Waals surface area contributed by atoms with E-state index in [1.807, 2.05) is 31.2 Å². The molecule has 5 rings (SSSR count). The number of ether oxygens (including phenoxy) is 2. The molecule has 0 radical (unpaired) electrons. The van der Waals surface area contributed by atoms with E-state index in [0.717, 1.165) is 16.9 Å². The van der Waals surface area contributed by atoms with Gasteiger partial charge in [-0.05, 0) is 44.0 Å². The number of fused-ring (bicyclic) bond motifs is 2. The third-order valence-electron chi connectivity index (χ3n) is 6.46. The molecule has 1 fully saturated rings. The Morgan fingerprint density at radius 2 is 1.82 bits per heavy atom. The summed E-state index contributed by atoms with van der Waals surface area (Å²) >= 11 is 0. The maximum absolute atomic E-state index is 13.1. The molecule has 180 valence electrons. The fourth-order valence-corrected chi connectivity index (χ4v) is 6.09. The maximum Gasteiger partial charge on any atom is 0.243 e. The van der Waals surface area contributed by atoms with Gasteiger partial charge in [0.25, 0.3) is 0 Å². The zero-order valence-corrected chi connectivity index (χ0v) is 19.9. The number of hydrogen-bond acceptors (Lipinski definition) is 6. The number of nitrogens with zero attached hydrogens (tertiary/aromatic N) is 3. The lowest BCUT2D eigenvalue weighted by Gasteiger charge is -2.31. The predicted molar refractivity (Wildman–Crippen MR) is 126 cm³/mol. The van der Waals surface area contributed by atoms with Crippen LogP contribution in [0.3, 0.4) is 0 Å². The van der Waals surface area contributed by atoms with Gasteiger partial charge in [0.05, 0.1) is 15.9 Å². The quantitative estimate of drug-likeness (QED) is 0.576. The second-order valence-electron chi connectivity index (χ2n) is 8.57. The SMILES string of the molecule is Cc1nc2ccccc2n1CCNC(=O)C1CCN(S(=O)(=O)c2ccc3c(c2)OCCO3)CC1. The molecule has 3 aromatic rings. The lowest BCUT2D eigenvalue weighted by atomic mass is 9.97. The summed E-state index contributed by atoms with van der Waals surface area (Å²) in [6.07, 6.45) is 0.977. The third kappa shape index (κ3) is 4.35. The standard InChI is InChI=1S/C24H28N4O5S/c1-17-26-20-4-2-3-5-21(20)28(17)13-10-25-24(29)18-8-11-27(12-9-18)34(30,31)19-6-7-22-23(16-19)33-15-14-32-22/h2-7,16,18H,8-15H2,1H3,(H,25,29). The summed E-state index contributed by atoms with van der Waals surface area (Å²) in [5.74, 6) is 1.68. The number of benzene rings is 2. The van der Waals surface area contributed by atoms with Gasteiger partial charge in [0, 0.05) is 38.2 Å². The van der Waals surface area contributed by atoms with Crippen molar-refractivity contribution in [3.05, 3.63) is 48.3 Å². The summed E-state index contributed by atoms with van der Waals surface area (Å²) in [5, 5.41) is 3.02. The van der Waals surface area contributed by atoms with Crippen molar-refractivity contribution in [3.63, 3.8) is 0 Å². The van der Waals surface area contributed by atoms with Crippen molar-refractivity contribution in [1.29, 1.82) is 0 Å². The van der Waals surface area contributed by atoms with Crippen LogP contribution in [0, 0.1) is 12.8 Å². The highest BCUT2D eigenvalue weighted by atomic mass is 32.2. The van der Waals surface area contributed by atoms with Gasteiger partial charge < -0.3 is 19.4 Å². The molecule has 2 aliphatic rings. The number of rotatable bonds is 6. The van der Waals surface area contributed by atoms with Crippen LogP contribution in [0.2, 0.25) is 0 Å². The number of para-hydroxylation sites is 2. The number of nitrogens with one attached hydrogen (secondary N) is 1. The molecule has 10 heteroatoms. The Kier molecular flexibility index (Phi) is 6.18. The van der Waals surface area contributed by atoms with Crippen molar-refractivity contribution in [2.75, 3.05) is 32.8 Å². The lowest BCUT2D eigenvalue weighted by molar-refractivity contribution is -0.126. The van der Waals surface area contributed by atoms with Gasteiger partial charge in [0.1, 0.15) is 19.0 Å². The van der Waals surface area contributed by atoms with Crippen LogP contribution in [0.5, 0.6) is 11.5 Å². The second-order valence-corrected chi connectivity index (χ2v) is 10.5. The van der Waals surface area contributed by atoms with E-state index in [1.54, 1.807) is 12.1 Å². The Labute approximate surface area is 198 Å². The number of hydrogen-bond donors (Lipinski definition) is 1. The summed E-state index contributed by atoms with van der Waals surface area (Å²) in [5.41, 5.74) is 1.99. The van der Waals surface area contributed by atoms with E-state index in [0.29, 0.717) is 63.7 Å². The molecule has 1 amide bonds. The number of amides is 1. The predicted octanol–water partition coefficient (Wildman–Crippen LogP) is 2.33. The van der Waals surface area contributed by atoms with Gasteiger partial charge in [-0.3, -0.25) is 4.79 Å². The highest BCUT2D eigenvalue weighted by molar-refractivity contribution is 7.89. The van der Waals surface area contributed by atoms with E-state index in [1.165, 1.54) is 10.4 Å². The third-order valence-corrected chi connectivity index (χ3v) is 8.35. The molecule has 1 aromatic heterocycles. The molecule has 0 aliphatic carbocycles. The van der Waals surface area contributed by atoms with Crippen LogP contribution in [0.4, 0.5) is 0 Å². The summed E-state index contributed by atoms with van der Waals surface area (Å²) in [4.78, 5) is 17.5. The highest BCUT2D eigenvalue weighted by Gasteiger charge is 2.32. The first-order valence-corrected chi connectivity index (χ1v) is 13.0. The fraction of sp³-hybridized carbons (Fsp3) is 0.417. The molecule has 0 bridgehead atoms. The minimum Gasteiger partial charge on any atom is -0.486 e. The Morgan fingerprint density at radius 3 is 2.62 bits per heavy atom. The highest BCUT2D eigenvalue weighted by Crippen LogP contribution is 2.34. The number of carbonyl (C=O) groups is 1. The van der Waals surface area contributed by atoms with Crippen LogP contribution >= 0.6 is 0 Å². The van der Waals surface area contributed by atoms with Gasteiger partial charge in [-0.1, -0.05) is 12.1 Å². The van der Waals surface area contributed by atoms with Gasteiger partial charge in [-0.2, -0.15) is 4.31 Å². The average Bonchev–Trinajstić information content (AvgIpc) is 3.18. The molecule has 0 saturated carbocycles. The van der Waals surface area contributed by atoms with Crippen LogP contribution < -0.4 is 14.8 Å². The van der Waals surface area contributed by atoms with Gasteiger partial charge in [-0.25, -0.2) is 13.4 Å². The molecule has 0 spiro atoms. The first-order chi connectivity index (χ1) is 16.4. The fourth-order valence-electron chi connectivity index (χ4n) is 4.60. The number of carbonyl (C=O) groups excluding carboxylic acids is 1. The summed E-state index contributed by atoms with van der Waals surface area (Å²) in [6, 6.07) is 12.6. The minimum absolute atomic E-state index is 0.0292. The zero-order valence-electron chi connectivity index (χ0n) is 19.1. The first kappa shape index (κ1) is 22.7. The van der Waals surface area contributed by atoms with Crippen LogP contribution in [0.15, 0.2) is 47.4 Å². The zero-order chi connectivity index (χ0) is 23.7. The summed E-state index contributed by atoms with van der Waals surface area (Å²) in [6.45, 7) is 4.55. The van der Waals surface area contributed by atoms with Crippen molar-refractivity contribution in [2.24, 2.45) is 5.92 Å².